The minimum Gasteiger partial charge on any atom is -0.358 e. The van der Waals surface area contributed by atoms with Crippen molar-refractivity contribution < 1.29 is 0 Å². The molecule has 1 aromatic carbocycles. The van der Waals surface area contributed by atoms with Crippen molar-refractivity contribution in [2.45, 2.75) is 12.8 Å². The van der Waals surface area contributed by atoms with Crippen LogP contribution in [-0.2, 0) is 12.8 Å². The maximum atomic E-state index is 4.45. The van der Waals surface area contributed by atoms with Gasteiger partial charge < -0.3 is 4.98 Å². The van der Waals surface area contributed by atoms with Gasteiger partial charge in [-0.1, -0.05) is 18.2 Å². The minimum absolute atomic E-state index is 1.02. The average molecular weight is 221 g/mol. The van der Waals surface area contributed by atoms with E-state index in [-0.39, 0.29) is 0 Å². The summed E-state index contributed by atoms with van der Waals surface area (Å²) < 4.78 is 0. The highest BCUT2D eigenvalue weighted by Crippen LogP contribution is 2.36. The number of para-hydroxylation sites is 1. The van der Waals surface area contributed by atoms with Crippen molar-refractivity contribution in [3.63, 3.8) is 0 Å². The molecule has 3 aromatic rings. The molecule has 1 aliphatic carbocycles. The third kappa shape index (κ3) is 1.16. The van der Waals surface area contributed by atoms with Gasteiger partial charge in [0.05, 0.1) is 5.69 Å². The number of hydrogen-bond acceptors (Lipinski definition) is 2. The second-order valence-electron chi connectivity index (χ2n) is 4.42. The first-order valence-electron chi connectivity index (χ1n) is 5.82. The summed E-state index contributed by atoms with van der Waals surface area (Å²) in [4.78, 5) is 12.1. The molecule has 2 heterocycles. The quantitative estimate of drug-likeness (QED) is 0.634. The highest BCUT2D eigenvalue weighted by Gasteiger charge is 2.21. The van der Waals surface area contributed by atoms with Crippen LogP contribution < -0.4 is 0 Å². The van der Waals surface area contributed by atoms with Crippen LogP contribution in [0.5, 0.6) is 0 Å². The Balaban J connectivity index is 2.14. The number of benzene rings is 1. The van der Waals surface area contributed by atoms with Crippen LogP contribution in [0.15, 0.2) is 36.8 Å². The van der Waals surface area contributed by atoms with Crippen LogP contribution in [-0.4, -0.2) is 15.0 Å². The largest absolute Gasteiger partial charge is 0.358 e. The van der Waals surface area contributed by atoms with Gasteiger partial charge in [-0.3, -0.25) is 0 Å². The molecule has 1 aliphatic rings. The molecule has 0 unspecified atom stereocenters. The molecule has 0 atom stereocenters. The molecule has 0 radical (unpaired) electrons. The fourth-order valence-corrected chi connectivity index (χ4v) is 2.68. The van der Waals surface area contributed by atoms with E-state index in [1.807, 2.05) is 6.20 Å². The van der Waals surface area contributed by atoms with Gasteiger partial charge in [-0.25, -0.2) is 9.97 Å². The maximum Gasteiger partial charge on any atom is 0.116 e. The van der Waals surface area contributed by atoms with Crippen LogP contribution in [0.1, 0.15) is 11.3 Å². The molecule has 3 heteroatoms. The van der Waals surface area contributed by atoms with Gasteiger partial charge >= 0.3 is 0 Å². The fourth-order valence-electron chi connectivity index (χ4n) is 2.68. The first kappa shape index (κ1) is 8.93. The molecular weight excluding hydrogens is 210 g/mol. The van der Waals surface area contributed by atoms with Gasteiger partial charge in [-0.05, 0) is 24.5 Å². The molecule has 17 heavy (non-hydrogen) atoms. The predicted octanol–water partition coefficient (Wildman–Crippen LogP) is 2.72. The molecule has 0 spiro atoms. The number of nitrogens with zero attached hydrogens (tertiary/aromatic N) is 2. The fraction of sp³-hybridized carbons (Fsp3) is 0.143. The van der Waals surface area contributed by atoms with Crippen molar-refractivity contribution >= 4 is 10.9 Å². The maximum absolute atomic E-state index is 4.45. The van der Waals surface area contributed by atoms with Crippen LogP contribution >= 0.6 is 0 Å². The summed E-state index contributed by atoms with van der Waals surface area (Å²) in [6.45, 7) is 0. The Kier molecular flexibility index (Phi) is 1.66. The standard InChI is InChI=1S/C14H11N3/c1-2-4-11-10(3-1)13-12(17-11)6-5-9-7-15-8-16-14(9)13/h1-4,7-8,17H,5-6H2. The molecular formula is C14H11N3. The van der Waals surface area contributed by atoms with Crippen LogP contribution in [0.2, 0.25) is 0 Å². The smallest absolute Gasteiger partial charge is 0.116 e. The molecule has 82 valence electrons. The molecule has 4 rings (SSSR count). The van der Waals surface area contributed by atoms with E-state index >= 15 is 0 Å². The average Bonchev–Trinajstić information content (AvgIpc) is 2.77. The Morgan fingerprint density at radius 3 is 3.06 bits per heavy atom. The molecule has 3 nitrogen and oxygen atoms in total. The summed E-state index contributed by atoms with van der Waals surface area (Å²) in [6, 6.07) is 8.41. The van der Waals surface area contributed by atoms with E-state index in [0.717, 1.165) is 18.5 Å². The summed E-state index contributed by atoms with van der Waals surface area (Å²) in [5.74, 6) is 0. The number of H-pyrrole nitrogens is 1. The zero-order valence-corrected chi connectivity index (χ0v) is 9.27. The molecule has 1 N–H and O–H groups in total. The number of hydrogen-bond donors (Lipinski definition) is 1. The molecule has 0 fully saturated rings. The minimum atomic E-state index is 1.02. The van der Waals surface area contributed by atoms with E-state index in [4.69, 9.17) is 0 Å². The van der Waals surface area contributed by atoms with E-state index in [0.29, 0.717) is 0 Å². The molecule has 0 saturated carbocycles. The predicted molar refractivity (Wildman–Crippen MR) is 66.7 cm³/mol. The van der Waals surface area contributed by atoms with E-state index < -0.39 is 0 Å². The Labute approximate surface area is 98.5 Å². The van der Waals surface area contributed by atoms with Gasteiger partial charge in [0.1, 0.15) is 6.33 Å². The summed E-state index contributed by atoms with van der Waals surface area (Å²) in [6.07, 6.45) is 5.64. The monoisotopic (exact) mass is 221 g/mol. The van der Waals surface area contributed by atoms with E-state index in [2.05, 4.69) is 39.2 Å². The van der Waals surface area contributed by atoms with Crippen molar-refractivity contribution in [3.05, 3.63) is 48.0 Å². The lowest BCUT2D eigenvalue weighted by Crippen LogP contribution is -2.05. The summed E-state index contributed by atoms with van der Waals surface area (Å²) in [7, 11) is 0. The Bertz CT molecular complexity index is 712. The number of aryl methyl sites for hydroxylation is 2. The van der Waals surface area contributed by atoms with Crippen LogP contribution in [0.4, 0.5) is 0 Å². The van der Waals surface area contributed by atoms with Gasteiger partial charge in [-0.2, -0.15) is 0 Å². The topological polar surface area (TPSA) is 41.6 Å². The van der Waals surface area contributed by atoms with Crippen LogP contribution in [0.3, 0.4) is 0 Å². The number of fused-ring (bicyclic) bond motifs is 5. The van der Waals surface area contributed by atoms with Crippen molar-refractivity contribution in [2.24, 2.45) is 0 Å². The lowest BCUT2D eigenvalue weighted by molar-refractivity contribution is 0.889. The lowest BCUT2D eigenvalue weighted by Gasteiger charge is -2.14. The Morgan fingerprint density at radius 1 is 1.12 bits per heavy atom. The van der Waals surface area contributed by atoms with E-state index in [1.54, 1.807) is 6.33 Å². The normalized spacial score (nSPS) is 13.4. The number of rotatable bonds is 0. The molecule has 0 saturated heterocycles. The van der Waals surface area contributed by atoms with Crippen molar-refractivity contribution in [3.8, 4) is 11.3 Å². The van der Waals surface area contributed by atoms with Gasteiger partial charge in [0.2, 0.25) is 0 Å². The second kappa shape index (κ2) is 3.17. The van der Waals surface area contributed by atoms with Crippen LogP contribution in [0.25, 0.3) is 22.2 Å². The summed E-state index contributed by atoms with van der Waals surface area (Å²) in [5, 5.41) is 1.27. The van der Waals surface area contributed by atoms with Crippen molar-refractivity contribution in [1.29, 1.82) is 0 Å². The molecule has 0 bridgehead atoms. The highest BCUT2D eigenvalue weighted by atomic mass is 14.8. The van der Waals surface area contributed by atoms with Crippen molar-refractivity contribution in [2.75, 3.05) is 0 Å². The Hall–Kier alpha value is -2.16. The second-order valence-corrected chi connectivity index (χ2v) is 4.42. The molecule has 0 amide bonds. The SMILES string of the molecule is c1ccc2c3c([nH]c2c1)CCc1cncnc1-3. The van der Waals surface area contributed by atoms with Gasteiger partial charge in [-0.15, -0.1) is 0 Å². The first-order chi connectivity index (χ1) is 8.43. The number of nitrogens with one attached hydrogen (secondary N) is 1. The van der Waals surface area contributed by atoms with Gasteiger partial charge in [0, 0.05) is 28.4 Å². The highest BCUT2D eigenvalue weighted by molar-refractivity contribution is 5.97. The molecule has 2 aromatic heterocycles. The zero-order valence-electron chi connectivity index (χ0n) is 9.27. The zero-order chi connectivity index (χ0) is 11.2. The number of aromatic nitrogens is 3. The van der Waals surface area contributed by atoms with E-state index in [1.165, 1.54) is 27.7 Å². The third-order valence-corrected chi connectivity index (χ3v) is 3.45. The Morgan fingerprint density at radius 2 is 2.06 bits per heavy atom. The van der Waals surface area contributed by atoms with Gasteiger partial charge in [0.25, 0.3) is 0 Å². The first-order valence-corrected chi connectivity index (χ1v) is 5.82. The summed E-state index contributed by atoms with van der Waals surface area (Å²) in [5.41, 5.74) is 6.12. The third-order valence-electron chi connectivity index (χ3n) is 3.45. The van der Waals surface area contributed by atoms with Crippen molar-refractivity contribution in [1.82, 2.24) is 15.0 Å². The van der Waals surface area contributed by atoms with E-state index in [9.17, 15) is 0 Å². The summed E-state index contributed by atoms with van der Waals surface area (Å²) >= 11 is 0. The number of aromatic amines is 1. The van der Waals surface area contributed by atoms with Crippen LogP contribution in [0, 0.1) is 0 Å². The molecule has 0 aliphatic heterocycles. The lowest BCUT2D eigenvalue weighted by atomic mass is 9.93. The van der Waals surface area contributed by atoms with Gasteiger partial charge in [0.15, 0.2) is 0 Å².